The van der Waals surface area contributed by atoms with Crippen LogP contribution >= 0.6 is 0 Å². The van der Waals surface area contributed by atoms with Crippen molar-refractivity contribution in [2.45, 2.75) is 46.0 Å². The minimum absolute atomic E-state index is 1.26. The van der Waals surface area contributed by atoms with Gasteiger partial charge in [-0.3, -0.25) is 0 Å². The highest BCUT2D eigenvalue weighted by molar-refractivity contribution is 5.79. The minimum Gasteiger partial charge on any atom is -0.237 e. The van der Waals surface area contributed by atoms with Crippen molar-refractivity contribution in [2.75, 3.05) is 13.1 Å². The van der Waals surface area contributed by atoms with E-state index >= 15 is 0 Å². The van der Waals surface area contributed by atoms with Crippen LogP contribution in [0.5, 0.6) is 0 Å². The molecule has 1 saturated heterocycles. The molecule has 0 N–H and O–H groups in total. The first-order valence-electron chi connectivity index (χ1n) is 4.98. The van der Waals surface area contributed by atoms with E-state index < -0.39 is 0 Å². The first-order valence-corrected chi connectivity index (χ1v) is 4.98. The van der Waals surface area contributed by atoms with Gasteiger partial charge in [-0.1, -0.05) is 13.8 Å². The topological polar surface area (TPSA) is 3.01 Å². The number of nitrogens with zero attached hydrogens (tertiary/aromatic N) is 1. The van der Waals surface area contributed by atoms with Gasteiger partial charge in [-0.15, -0.1) is 0 Å². The molecule has 0 aliphatic carbocycles. The van der Waals surface area contributed by atoms with Gasteiger partial charge in [0.05, 0.1) is 0 Å². The molecule has 1 rings (SSSR count). The van der Waals surface area contributed by atoms with Crippen LogP contribution in [0.4, 0.5) is 0 Å². The summed E-state index contributed by atoms with van der Waals surface area (Å²) in [6.07, 6.45) is 6.70. The molecule has 0 aromatic heterocycles. The predicted octanol–water partition coefficient (Wildman–Crippen LogP) is 2.44. The van der Waals surface area contributed by atoms with E-state index in [1.54, 1.807) is 5.71 Å². The standard InChI is InChI=1S/C10H20N/c1-3-7-10(4-2)11-8-5-6-9-11/h3-9H2,1-2H3/q+1. The molecule has 1 heteroatoms. The Hall–Kier alpha value is -0.330. The third-order valence-electron chi connectivity index (χ3n) is 2.50. The lowest BCUT2D eigenvalue weighted by Crippen LogP contribution is -2.17. The second kappa shape index (κ2) is 4.53. The molecule has 0 aromatic carbocycles. The fourth-order valence-corrected chi connectivity index (χ4v) is 1.88. The number of rotatable bonds is 3. The lowest BCUT2D eigenvalue weighted by molar-refractivity contribution is -0.508. The van der Waals surface area contributed by atoms with Crippen molar-refractivity contribution in [1.29, 1.82) is 0 Å². The molecule has 0 spiro atoms. The summed E-state index contributed by atoms with van der Waals surface area (Å²) in [4.78, 5) is 0. The largest absolute Gasteiger partial charge is 0.237 e. The van der Waals surface area contributed by atoms with Gasteiger partial charge < -0.3 is 0 Å². The molecule has 1 fully saturated rings. The van der Waals surface area contributed by atoms with Crippen molar-refractivity contribution >= 4 is 5.71 Å². The van der Waals surface area contributed by atoms with Gasteiger partial charge in [0, 0.05) is 25.7 Å². The zero-order chi connectivity index (χ0) is 8.10. The molecule has 0 atom stereocenters. The van der Waals surface area contributed by atoms with Crippen LogP contribution in [-0.4, -0.2) is 23.4 Å². The van der Waals surface area contributed by atoms with Crippen LogP contribution in [0, 0.1) is 0 Å². The van der Waals surface area contributed by atoms with Crippen LogP contribution in [0.2, 0.25) is 0 Å². The van der Waals surface area contributed by atoms with E-state index in [9.17, 15) is 0 Å². The molecule has 1 aliphatic rings. The molecule has 0 aromatic rings. The Morgan fingerprint density at radius 2 is 1.82 bits per heavy atom. The SMILES string of the molecule is CCCC(CC)=[N+]1CCCC1. The Balaban J connectivity index is 2.54. The van der Waals surface area contributed by atoms with Crippen molar-refractivity contribution in [3.8, 4) is 0 Å². The predicted molar refractivity (Wildman–Crippen MR) is 49.4 cm³/mol. The summed E-state index contributed by atoms with van der Waals surface area (Å²) < 4.78 is 2.59. The van der Waals surface area contributed by atoms with Crippen LogP contribution in [-0.2, 0) is 0 Å². The average molecular weight is 154 g/mol. The van der Waals surface area contributed by atoms with Gasteiger partial charge >= 0.3 is 0 Å². The molecule has 0 saturated carbocycles. The van der Waals surface area contributed by atoms with E-state index in [2.05, 4.69) is 18.4 Å². The van der Waals surface area contributed by atoms with Crippen molar-refractivity contribution < 1.29 is 4.58 Å². The fraction of sp³-hybridized carbons (Fsp3) is 0.900. The summed E-state index contributed by atoms with van der Waals surface area (Å²) in [5.74, 6) is 0. The fourth-order valence-electron chi connectivity index (χ4n) is 1.88. The highest BCUT2D eigenvalue weighted by atomic mass is 15.0. The molecule has 0 amide bonds. The highest BCUT2D eigenvalue weighted by Gasteiger charge is 2.16. The molecule has 1 nitrogen and oxygen atoms in total. The van der Waals surface area contributed by atoms with Crippen molar-refractivity contribution in [1.82, 2.24) is 0 Å². The van der Waals surface area contributed by atoms with Crippen LogP contribution in [0.3, 0.4) is 0 Å². The molecule has 11 heavy (non-hydrogen) atoms. The minimum atomic E-state index is 1.26. The zero-order valence-electron chi connectivity index (χ0n) is 7.90. The lowest BCUT2D eigenvalue weighted by atomic mass is 10.2. The van der Waals surface area contributed by atoms with E-state index in [1.807, 2.05) is 0 Å². The molecule has 64 valence electrons. The Bertz CT molecular complexity index is 139. The molecule has 0 unspecified atom stereocenters. The van der Waals surface area contributed by atoms with E-state index in [0.717, 1.165) is 0 Å². The summed E-state index contributed by atoms with van der Waals surface area (Å²) in [7, 11) is 0. The summed E-state index contributed by atoms with van der Waals surface area (Å²) in [5.41, 5.74) is 1.69. The first-order chi connectivity index (χ1) is 5.38. The zero-order valence-corrected chi connectivity index (χ0v) is 7.90. The van der Waals surface area contributed by atoms with E-state index in [-0.39, 0.29) is 0 Å². The normalized spacial score (nSPS) is 17.5. The third-order valence-corrected chi connectivity index (χ3v) is 2.50. The van der Waals surface area contributed by atoms with Crippen LogP contribution < -0.4 is 0 Å². The van der Waals surface area contributed by atoms with E-state index in [1.165, 1.54) is 45.2 Å². The van der Waals surface area contributed by atoms with Gasteiger partial charge in [0.1, 0.15) is 13.1 Å². The summed E-state index contributed by atoms with van der Waals surface area (Å²) in [6, 6.07) is 0. The van der Waals surface area contributed by atoms with Crippen LogP contribution in [0.25, 0.3) is 0 Å². The molecular weight excluding hydrogens is 134 g/mol. The second-order valence-corrected chi connectivity index (χ2v) is 3.36. The molecule has 1 aliphatic heterocycles. The van der Waals surface area contributed by atoms with E-state index in [4.69, 9.17) is 0 Å². The Morgan fingerprint density at radius 1 is 1.18 bits per heavy atom. The Labute approximate surface area is 70.1 Å². The summed E-state index contributed by atoms with van der Waals surface area (Å²) >= 11 is 0. The van der Waals surface area contributed by atoms with Gasteiger partial charge in [0.25, 0.3) is 0 Å². The third kappa shape index (κ3) is 2.32. The second-order valence-electron chi connectivity index (χ2n) is 3.36. The number of hydrogen-bond acceptors (Lipinski definition) is 0. The van der Waals surface area contributed by atoms with Gasteiger partial charge in [-0.2, -0.15) is 0 Å². The summed E-state index contributed by atoms with van der Waals surface area (Å²) in [6.45, 7) is 7.20. The molecule has 1 heterocycles. The lowest BCUT2D eigenvalue weighted by Gasteiger charge is -2.00. The van der Waals surface area contributed by atoms with Crippen molar-refractivity contribution in [3.63, 3.8) is 0 Å². The van der Waals surface area contributed by atoms with Gasteiger partial charge in [0.2, 0.25) is 0 Å². The van der Waals surface area contributed by atoms with Gasteiger partial charge in [-0.05, 0) is 6.42 Å². The first kappa shape index (κ1) is 8.76. The van der Waals surface area contributed by atoms with Gasteiger partial charge in [0.15, 0.2) is 5.71 Å². The average Bonchev–Trinajstić information content (AvgIpc) is 2.52. The number of hydrogen-bond donors (Lipinski definition) is 0. The molecule has 0 bridgehead atoms. The quantitative estimate of drug-likeness (QED) is 0.549. The van der Waals surface area contributed by atoms with Crippen molar-refractivity contribution in [2.24, 2.45) is 0 Å². The molecular formula is C10H20N+. The van der Waals surface area contributed by atoms with Crippen molar-refractivity contribution in [3.05, 3.63) is 0 Å². The maximum atomic E-state index is 2.59. The maximum absolute atomic E-state index is 2.59. The smallest absolute Gasteiger partial charge is 0.151 e. The summed E-state index contributed by atoms with van der Waals surface area (Å²) in [5, 5.41) is 0. The Morgan fingerprint density at radius 3 is 2.27 bits per heavy atom. The maximum Gasteiger partial charge on any atom is 0.151 e. The van der Waals surface area contributed by atoms with Crippen LogP contribution in [0.1, 0.15) is 46.0 Å². The highest BCUT2D eigenvalue weighted by Crippen LogP contribution is 2.06. The van der Waals surface area contributed by atoms with Gasteiger partial charge in [-0.25, -0.2) is 4.58 Å². The monoisotopic (exact) mass is 154 g/mol. The van der Waals surface area contributed by atoms with Crippen LogP contribution in [0.15, 0.2) is 0 Å². The molecule has 0 radical (unpaired) electrons. The Kier molecular flexibility index (Phi) is 3.61. The van der Waals surface area contributed by atoms with E-state index in [0.29, 0.717) is 0 Å².